The Morgan fingerprint density at radius 1 is 1.00 bits per heavy atom. The zero-order valence-corrected chi connectivity index (χ0v) is 12.5. The maximum Gasteiger partial charge on any atom is 0.307 e. The van der Waals surface area contributed by atoms with E-state index in [-0.39, 0.29) is 17.7 Å². The second-order valence-electron chi connectivity index (χ2n) is 7.06. The van der Waals surface area contributed by atoms with Gasteiger partial charge in [-0.25, -0.2) is 0 Å². The molecule has 3 rings (SSSR count). The number of carboxylic acid groups (broad SMARTS) is 1. The van der Waals surface area contributed by atoms with Gasteiger partial charge in [-0.3, -0.25) is 9.59 Å². The number of rotatable bonds is 2. The molecule has 2 N–H and O–H groups in total. The smallest absolute Gasteiger partial charge is 0.307 e. The van der Waals surface area contributed by atoms with E-state index in [0.29, 0.717) is 32.4 Å². The summed E-state index contributed by atoms with van der Waals surface area (Å²) in [5.41, 5.74) is -0.586. The highest BCUT2D eigenvalue weighted by Gasteiger charge is 2.46. The third-order valence-electron chi connectivity index (χ3n) is 5.89. The summed E-state index contributed by atoms with van der Waals surface area (Å²) in [6, 6.07) is 0. The number of nitrogens with zero attached hydrogens (tertiary/aromatic N) is 1. The van der Waals surface area contributed by atoms with Crippen molar-refractivity contribution in [3.05, 3.63) is 0 Å². The highest BCUT2D eigenvalue weighted by Crippen LogP contribution is 2.41. The molecular formula is C16H25NO4. The van der Waals surface area contributed by atoms with Gasteiger partial charge in [-0.15, -0.1) is 0 Å². The first-order valence-electron chi connectivity index (χ1n) is 8.25. The van der Waals surface area contributed by atoms with Crippen LogP contribution in [0.5, 0.6) is 0 Å². The Morgan fingerprint density at radius 2 is 1.76 bits per heavy atom. The quantitative estimate of drug-likeness (QED) is 0.812. The molecule has 0 aromatic rings. The summed E-state index contributed by atoms with van der Waals surface area (Å²) in [6.45, 7) is 1.19. The number of aliphatic hydroxyl groups is 1. The molecule has 2 aliphatic carbocycles. The number of hydrogen-bond acceptors (Lipinski definition) is 3. The molecule has 3 aliphatic rings. The number of fused-ring (bicyclic) bond motifs is 1. The van der Waals surface area contributed by atoms with E-state index in [4.69, 9.17) is 0 Å². The molecule has 2 unspecified atom stereocenters. The van der Waals surface area contributed by atoms with Crippen molar-refractivity contribution in [2.45, 2.75) is 57.0 Å². The lowest BCUT2D eigenvalue weighted by Crippen LogP contribution is -2.56. The fraction of sp³-hybridized carbons (Fsp3) is 0.875. The third kappa shape index (κ3) is 2.68. The van der Waals surface area contributed by atoms with Crippen LogP contribution < -0.4 is 0 Å². The Bertz CT molecular complexity index is 438. The summed E-state index contributed by atoms with van der Waals surface area (Å²) in [4.78, 5) is 25.8. The minimum atomic E-state index is -0.836. The summed E-state index contributed by atoms with van der Waals surface area (Å²) in [7, 11) is 0. The van der Waals surface area contributed by atoms with Gasteiger partial charge in [0.2, 0.25) is 5.91 Å². The zero-order chi connectivity index (χ0) is 15.0. The molecule has 0 bridgehead atoms. The number of piperidine rings is 1. The van der Waals surface area contributed by atoms with Crippen molar-refractivity contribution in [1.29, 1.82) is 0 Å². The number of carbonyl (C=O) groups excluding carboxylic acids is 1. The fourth-order valence-electron chi connectivity index (χ4n) is 4.56. The molecule has 0 spiro atoms. The van der Waals surface area contributed by atoms with Gasteiger partial charge in [0.25, 0.3) is 0 Å². The van der Waals surface area contributed by atoms with Gasteiger partial charge in [-0.05, 0) is 32.1 Å². The van der Waals surface area contributed by atoms with Gasteiger partial charge in [0.05, 0.1) is 17.4 Å². The number of amides is 1. The molecule has 0 radical (unpaired) electrons. The van der Waals surface area contributed by atoms with Crippen LogP contribution in [0.15, 0.2) is 0 Å². The van der Waals surface area contributed by atoms with Crippen LogP contribution in [0, 0.1) is 17.8 Å². The highest BCUT2D eigenvalue weighted by molar-refractivity contribution is 5.85. The predicted octanol–water partition coefficient (Wildman–Crippen LogP) is 1.64. The van der Waals surface area contributed by atoms with Crippen LogP contribution in [0.1, 0.15) is 51.4 Å². The molecule has 118 valence electrons. The van der Waals surface area contributed by atoms with Gasteiger partial charge in [-0.2, -0.15) is 0 Å². The molecule has 1 amide bonds. The number of aliphatic carboxylic acids is 1. The second-order valence-corrected chi connectivity index (χ2v) is 7.06. The van der Waals surface area contributed by atoms with E-state index in [1.807, 2.05) is 4.90 Å². The van der Waals surface area contributed by atoms with Crippen LogP contribution in [0.2, 0.25) is 0 Å². The summed E-state index contributed by atoms with van der Waals surface area (Å²) >= 11 is 0. The van der Waals surface area contributed by atoms with Crippen molar-refractivity contribution in [3.63, 3.8) is 0 Å². The van der Waals surface area contributed by atoms with Gasteiger partial charge in [0, 0.05) is 19.0 Å². The molecule has 4 atom stereocenters. The summed E-state index contributed by atoms with van der Waals surface area (Å²) in [5.74, 6) is -1.51. The Morgan fingerprint density at radius 3 is 2.52 bits per heavy atom. The first-order chi connectivity index (χ1) is 10.0. The lowest BCUT2D eigenvalue weighted by atomic mass is 9.71. The van der Waals surface area contributed by atoms with E-state index in [1.54, 1.807) is 0 Å². The van der Waals surface area contributed by atoms with Gasteiger partial charge in [-0.1, -0.05) is 19.3 Å². The van der Waals surface area contributed by atoms with Crippen molar-refractivity contribution in [1.82, 2.24) is 4.90 Å². The van der Waals surface area contributed by atoms with Crippen molar-refractivity contribution >= 4 is 11.9 Å². The second kappa shape index (κ2) is 5.59. The maximum absolute atomic E-state index is 12.7. The molecule has 1 heterocycles. The largest absolute Gasteiger partial charge is 0.481 e. The Hall–Kier alpha value is -1.10. The monoisotopic (exact) mass is 295 g/mol. The Labute approximate surface area is 125 Å². The van der Waals surface area contributed by atoms with Crippen LogP contribution in [-0.2, 0) is 9.59 Å². The Balaban J connectivity index is 1.67. The SMILES string of the molecule is O=C(O)[C@H]1CCC[C@H]1C(=O)N1CCC2(O)CCCCC2C1. The minimum Gasteiger partial charge on any atom is -0.481 e. The summed E-state index contributed by atoms with van der Waals surface area (Å²) < 4.78 is 0. The summed E-state index contributed by atoms with van der Waals surface area (Å²) in [5, 5.41) is 19.9. The number of likely N-dealkylation sites (tertiary alicyclic amines) is 1. The standard InChI is InChI=1S/C16H25NO4/c18-14(12-5-3-6-13(12)15(19)20)17-9-8-16(21)7-2-1-4-11(16)10-17/h11-13,21H,1-10H2,(H,19,20)/t11?,12-,13+,16?/m1/s1. The minimum absolute atomic E-state index is 0.00697. The molecule has 5 heteroatoms. The molecule has 21 heavy (non-hydrogen) atoms. The zero-order valence-electron chi connectivity index (χ0n) is 12.5. The van der Waals surface area contributed by atoms with E-state index < -0.39 is 17.5 Å². The van der Waals surface area contributed by atoms with Gasteiger partial charge >= 0.3 is 5.97 Å². The highest BCUT2D eigenvalue weighted by atomic mass is 16.4. The average Bonchev–Trinajstić information content (AvgIpc) is 2.95. The molecule has 5 nitrogen and oxygen atoms in total. The van der Waals surface area contributed by atoms with Gasteiger partial charge < -0.3 is 15.1 Å². The molecule has 1 aliphatic heterocycles. The van der Waals surface area contributed by atoms with E-state index in [2.05, 4.69) is 0 Å². The van der Waals surface area contributed by atoms with Crippen LogP contribution in [0.3, 0.4) is 0 Å². The van der Waals surface area contributed by atoms with Gasteiger partial charge in [0.1, 0.15) is 0 Å². The van der Waals surface area contributed by atoms with E-state index in [1.165, 1.54) is 0 Å². The molecule has 0 aromatic heterocycles. The van der Waals surface area contributed by atoms with E-state index in [9.17, 15) is 19.8 Å². The summed E-state index contributed by atoms with van der Waals surface area (Å²) in [6.07, 6.45) is 6.81. The maximum atomic E-state index is 12.7. The fourth-order valence-corrected chi connectivity index (χ4v) is 4.56. The molecular weight excluding hydrogens is 270 g/mol. The van der Waals surface area contributed by atoms with Crippen LogP contribution >= 0.6 is 0 Å². The molecule has 3 fully saturated rings. The Kier molecular flexibility index (Phi) is 3.95. The van der Waals surface area contributed by atoms with Gasteiger partial charge in [0.15, 0.2) is 0 Å². The van der Waals surface area contributed by atoms with Crippen LogP contribution in [0.25, 0.3) is 0 Å². The number of carboxylic acids is 1. The predicted molar refractivity (Wildman–Crippen MR) is 76.6 cm³/mol. The first kappa shape index (κ1) is 14.8. The van der Waals surface area contributed by atoms with Crippen LogP contribution in [0.4, 0.5) is 0 Å². The van der Waals surface area contributed by atoms with E-state index >= 15 is 0 Å². The topological polar surface area (TPSA) is 77.8 Å². The van der Waals surface area contributed by atoms with E-state index in [0.717, 1.165) is 32.1 Å². The van der Waals surface area contributed by atoms with Crippen molar-refractivity contribution in [2.24, 2.45) is 17.8 Å². The van der Waals surface area contributed by atoms with Crippen molar-refractivity contribution in [3.8, 4) is 0 Å². The normalized spacial score (nSPS) is 39.9. The van der Waals surface area contributed by atoms with Crippen molar-refractivity contribution in [2.75, 3.05) is 13.1 Å². The first-order valence-corrected chi connectivity index (χ1v) is 8.25. The van der Waals surface area contributed by atoms with Crippen LogP contribution in [-0.4, -0.2) is 45.7 Å². The molecule has 0 aromatic carbocycles. The number of carbonyl (C=O) groups is 2. The number of hydrogen-bond donors (Lipinski definition) is 2. The van der Waals surface area contributed by atoms with Crippen molar-refractivity contribution < 1.29 is 19.8 Å². The average molecular weight is 295 g/mol. The lowest BCUT2D eigenvalue weighted by molar-refractivity contribution is -0.154. The molecule has 1 saturated heterocycles. The lowest BCUT2D eigenvalue weighted by Gasteiger charge is -2.48. The molecule has 2 saturated carbocycles. The third-order valence-corrected chi connectivity index (χ3v) is 5.89.